The van der Waals surface area contributed by atoms with E-state index in [2.05, 4.69) is 15.5 Å². The van der Waals surface area contributed by atoms with Gasteiger partial charge in [-0.25, -0.2) is 4.68 Å². The molecule has 1 N–H and O–H groups in total. The molecule has 1 aromatic heterocycles. The number of hydrogen-bond acceptors (Lipinski definition) is 6. The lowest BCUT2D eigenvalue weighted by atomic mass is 9.93. The Morgan fingerprint density at radius 1 is 1.36 bits per heavy atom. The van der Waals surface area contributed by atoms with Gasteiger partial charge in [0.2, 0.25) is 5.91 Å². The first-order valence-electron chi connectivity index (χ1n) is 8.41. The second-order valence-corrected chi connectivity index (χ2v) is 6.37. The van der Waals surface area contributed by atoms with Crippen LogP contribution in [-0.2, 0) is 22.5 Å². The lowest BCUT2D eigenvalue weighted by Crippen LogP contribution is -2.56. The van der Waals surface area contributed by atoms with Gasteiger partial charge >= 0.3 is 0 Å². The second-order valence-electron chi connectivity index (χ2n) is 6.37. The third-order valence-corrected chi connectivity index (χ3v) is 4.51. The Morgan fingerprint density at radius 3 is 2.84 bits per heavy atom. The Bertz CT molecular complexity index is 705. The monoisotopic (exact) mass is 345 g/mol. The fourth-order valence-corrected chi connectivity index (χ4v) is 3.10. The van der Waals surface area contributed by atoms with Crippen LogP contribution in [0.1, 0.15) is 17.8 Å². The summed E-state index contributed by atoms with van der Waals surface area (Å²) in [7, 11) is 0. The van der Waals surface area contributed by atoms with Gasteiger partial charge in [0.1, 0.15) is 11.4 Å². The molecule has 1 saturated heterocycles. The van der Waals surface area contributed by atoms with Crippen LogP contribution in [0.3, 0.4) is 0 Å². The molecule has 1 atom stereocenters. The number of amides is 1. The van der Waals surface area contributed by atoms with Crippen LogP contribution in [0.2, 0.25) is 0 Å². The van der Waals surface area contributed by atoms with Crippen molar-refractivity contribution in [1.82, 2.24) is 25.1 Å². The minimum atomic E-state index is -0.750. The number of ether oxygens (including phenoxy) is 1. The lowest BCUT2D eigenvalue weighted by Gasteiger charge is -2.42. The van der Waals surface area contributed by atoms with E-state index < -0.39 is 5.60 Å². The molecular weight excluding hydrogens is 322 g/mol. The highest BCUT2D eigenvalue weighted by atomic mass is 16.5. The van der Waals surface area contributed by atoms with Crippen molar-refractivity contribution in [3.05, 3.63) is 41.7 Å². The van der Waals surface area contributed by atoms with Crippen molar-refractivity contribution >= 4 is 5.91 Å². The average Bonchev–Trinajstić information content (AvgIpc) is 3.05. The topological polar surface area (TPSA) is 93.4 Å². The summed E-state index contributed by atoms with van der Waals surface area (Å²) in [5, 5.41) is 21.2. The first kappa shape index (κ1) is 17.5. The van der Waals surface area contributed by atoms with Crippen LogP contribution in [0, 0.1) is 6.92 Å². The number of aliphatic hydroxyl groups excluding tert-OH is 1. The molecule has 0 aliphatic carbocycles. The normalized spacial score (nSPS) is 20.6. The quantitative estimate of drug-likeness (QED) is 0.804. The first-order valence-corrected chi connectivity index (χ1v) is 8.41. The predicted molar refractivity (Wildman–Crippen MR) is 89.7 cm³/mol. The van der Waals surface area contributed by atoms with Crippen molar-refractivity contribution in [2.24, 2.45) is 0 Å². The zero-order valence-corrected chi connectivity index (χ0v) is 14.3. The highest BCUT2D eigenvalue weighted by molar-refractivity contribution is 5.76. The molecule has 134 valence electrons. The molecule has 1 amide bonds. The molecule has 1 unspecified atom stereocenters. The van der Waals surface area contributed by atoms with Gasteiger partial charge in [0.15, 0.2) is 0 Å². The van der Waals surface area contributed by atoms with Gasteiger partial charge in [-0.2, -0.15) is 0 Å². The number of hydrogen-bond donors (Lipinski definition) is 1. The summed E-state index contributed by atoms with van der Waals surface area (Å²) in [6.07, 6.45) is 0.888. The van der Waals surface area contributed by atoms with Crippen molar-refractivity contribution in [2.45, 2.75) is 31.9 Å². The van der Waals surface area contributed by atoms with E-state index in [-0.39, 0.29) is 12.5 Å². The molecule has 1 aliphatic rings. The predicted octanol–water partition coefficient (Wildman–Crippen LogP) is 0.204. The molecule has 1 fully saturated rings. The molecule has 1 aliphatic heterocycles. The van der Waals surface area contributed by atoms with Gasteiger partial charge in [-0.3, -0.25) is 4.79 Å². The number of aromatic nitrogens is 4. The van der Waals surface area contributed by atoms with E-state index >= 15 is 0 Å². The molecule has 8 nitrogen and oxygen atoms in total. The van der Waals surface area contributed by atoms with E-state index in [1.54, 1.807) is 16.5 Å². The standard InChI is InChI=1S/C17H23N5O3/c1-14-18-19-20-22(14)8-7-16(24)21-9-10-25-17(12-21,13-23)11-15-5-3-2-4-6-15/h2-6,23H,7-13H2,1H3. The van der Waals surface area contributed by atoms with Gasteiger partial charge in [0.25, 0.3) is 0 Å². The maximum absolute atomic E-state index is 12.6. The van der Waals surface area contributed by atoms with Crippen molar-refractivity contribution in [3.63, 3.8) is 0 Å². The number of morpholine rings is 1. The van der Waals surface area contributed by atoms with E-state index in [0.717, 1.165) is 5.56 Å². The minimum absolute atomic E-state index is 0.0177. The van der Waals surface area contributed by atoms with Crippen LogP contribution in [0.5, 0.6) is 0 Å². The summed E-state index contributed by atoms with van der Waals surface area (Å²) in [5.74, 6) is 0.702. The van der Waals surface area contributed by atoms with Crippen LogP contribution in [0.25, 0.3) is 0 Å². The van der Waals surface area contributed by atoms with E-state index in [1.165, 1.54) is 0 Å². The van der Waals surface area contributed by atoms with E-state index in [0.29, 0.717) is 44.9 Å². The van der Waals surface area contributed by atoms with Crippen molar-refractivity contribution in [1.29, 1.82) is 0 Å². The van der Waals surface area contributed by atoms with Gasteiger partial charge in [0.05, 0.1) is 26.3 Å². The summed E-state index contributed by atoms with van der Waals surface area (Å²) < 4.78 is 7.50. The number of aryl methyl sites for hydroxylation is 2. The third-order valence-electron chi connectivity index (χ3n) is 4.51. The van der Waals surface area contributed by atoms with Crippen LogP contribution in [-0.4, -0.2) is 68.0 Å². The maximum Gasteiger partial charge on any atom is 0.224 e. The minimum Gasteiger partial charge on any atom is -0.393 e. The zero-order valence-electron chi connectivity index (χ0n) is 14.3. The molecule has 0 saturated carbocycles. The average molecular weight is 345 g/mol. The molecule has 2 heterocycles. The molecule has 8 heteroatoms. The summed E-state index contributed by atoms with van der Waals surface area (Å²) in [5.41, 5.74) is 0.329. The Labute approximate surface area is 146 Å². The van der Waals surface area contributed by atoms with Crippen molar-refractivity contribution in [2.75, 3.05) is 26.3 Å². The summed E-state index contributed by atoms with van der Waals surface area (Å²) in [6, 6.07) is 9.87. The van der Waals surface area contributed by atoms with Gasteiger partial charge in [-0.05, 0) is 22.9 Å². The molecule has 25 heavy (non-hydrogen) atoms. The smallest absolute Gasteiger partial charge is 0.224 e. The summed E-state index contributed by atoms with van der Waals surface area (Å²) >= 11 is 0. The number of benzene rings is 1. The Morgan fingerprint density at radius 2 is 2.16 bits per heavy atom. The molecule has 0 radical (unpaired) electrons. The van der Waals surface area contributed by atoms with Crippen LogP contribution in [0.15, 0.2) is 30.3 Å². The molecule has 0 spiro atoms. The van der Waals surface area contributed by atoms with Gasteiger partial charge < -0.3 is 14.7 Å². The molecule has 0 bridgehead atoms. The Kier molecular flexibility index (Phi) is 5.40. The molecule has 3 rings (SSSR count). The third kappa shape index (κ3) is 4.21. The molecule has 2 aromatic rings. The first-order chi connectivity index (χ1) is 12.1. The number of carbonyl (C=O) groups excluding carboxylic acids is 1. The van der Waals surface area contributed by atoms with Gasteiger partial charge in [-0.1, -0.05) is 30.3 Å². The second kappa shape index (κ2) is 7.71. The van der Waals surface area contributed by atoms with Gasteiger partial charge in [-0.15, -0.1) is 5.10 Å². The van der Waals surface area contributed by atoms with Crippen molar-refractivity contribution < 1.29 is 14.6 Å². The summed E-state index contributed by atoms with van der Waals surface area (Å²) in [6.45, 7) is 3.45. The zero-order chi connectivity index (χ0) is 17.7. The van der Waals surface area contributed by atoms with E-state index in [9.17, 15) is 9.90 Å². The van der Waals surface area contributed by atoms with Crippen molar-refractivity contribution in [3.8, 4) is 0 Å². The van der Waals surface area contributed by atoms with Gasteiger partial charge in [0, 0.05) is 19.4 Å². The molecule has 1 aromatic carbocycles. The molecular formula is C17H23N5O3. The highest BCUT2D eigenvalue weighted by Gasteiger charge is 2.38. The Balaban J connectivity index is 1.62. The van der Waals surface area contributed by atoms with Crippen LogP contribution in [0.4, 0.5) is 0 Å². The fraction of sp³-hybridized carbons (Fsp3) is 0.529. The summed E-state index contributed by atoms with van der Waals surface area (Å²) in [4.78, 5) is 14.3. The largest absolute Gasteiger partial charge is 0.393 e. The SMILES string of the molecule is Cc1nnnn1CCC(=O)N1CCOC(CO)(Cc2ccccc2)C1. The number of tetrazole rings is 1. The number of aliphatic hydroxyl groups is 1. The van der Waals surface area contributed by atoms with E-state index in [4.69, 9.17) is 4.74 Å². The Hall–Kier alpha value is -2.32. The number of carbonyl (C=O) groups is 1. The number of nitrogens with zero attached hydrogens (tertiary/aromatic N) is 5. The van der Waals surface area contributed by atoms with Crippen LogP contribution >= 0.6 is 0 Å². The fourth-order valence-electron chi connectivity index (χ4n) is 3.10. The van der Waals surface area contributed by atoms with Crippen LogP contribution < -0.4 is 0 Å². The van der Waals surface area contributed by atoms with E-state index in [1.807, 2.05) is 30.3 Å². The maximum atomic E-state index is 12.6. The number of rotatable bonds is 6. The lowest BCUT2D eigenvalue weighted by molar-refractivity contribution is -0.158. The highest BCUT2D eigenvalue weighted by Crippen LogP contribution is 2.23.